The van der Waals surface area contributed by atoms with Crippen LogP contribution in [-0.2, 0) is 0 Å². The Hall–Kier alpha value is -1.84. The van der Waals surface area contributed by atoms with Crippen LogP contribution in [0.1, 0.15) is 30.1 Å². The summed E-state index contributed by atoms with van der Waals surface area (Å²) in [5.41, 5.74) is 2.55. The minimum absolute atomic E-state index is 0.515. The van der Waals surface area contributed by atoms with Gasteiger partial charge < -0.3 is 9.88 Å². The lowest BCUT2D eigenvalue weighted by molar-refractivity contribution is 0.494. The summed E-state index contributed by atoms with van der Waals surface area (Å²) in [6.45, 7) is 4.29. The number of nitrogens with zero attached hydrogens (tertiary/aromatic N) is 3. The van der Waals surface area contributed by atoms with Crippen LogP contribution in [0.25, 0.3) is 0 Å². The molecule has 0 aromatic carbocycles. The second kappa shape index (κ2) is 4.80. The van der Waals surface area contributed by atoms with Crippen molar-refractivity contribution in [3.8, 4) is 0 Å². The van der Waals surface area contributed by atoms with E-state index in [1.54, 1.807) is 0 Å². The van der Waals surface area contributed by atoms with E-state index in [9.17, 15) is 0 Å². The number of rotatable bonds is 2. The molecule has 3 heterocycles. The standard InChI is InChI=1S/C14H18N4/c1-11-9-15-5-4-13(11)18-8-2-3-12(10-18)14-16-6-7-17-14/h4-7,9,12H,2-3,8,10H2,1H3,(H,16,17). The molecule has 94 valence electrons. The number of anilines is 1. The largest absolute Gasteiger partial charge is 0.370 e. The number of aromatic nitrogens is 3. The summed E-state index contributed by atoms with van der Waals surface area (Å²) in [5, 5.41) is 0. The Morgan fingerprint density at radius 3 is 3.11 bits per heavy atom. The Labute approximate surface area is 107 Å². The highest BCUT2D eigenvalue weighted by molar-refractivity contribution is 5.52. The number of aryl methyl sites for hydroxylation is 1. The third kappa shape index (κ3) is 2.10. The van der Waals surface area contributed by atoms with Gasteiger partial charge in [0.25, 0.3) is 0 Å². The van der Waals surface area contributed by atoms with E-state index >= 15 is 0 Å². The molecular formula is C14H18N4. The highest BCUT2D eigenvalue weighted by Crippen LogP contribution is 2.29. The van der Waals surface area contributed by atoms with Gasteiger partial charge in [-0.25, -0.2) is 4.98 Å². The molecule has 1 aliphatic heterocycles. The SMILES string of the molecule is Cc1cnccc1N1CCCC(c2ncc[nH]2)C1. The first-order chi connectivity index (χ1) is 8.84. The fourth-order valence-electron chi connectivity index (χ4n) is 2.74. The van der Waals surface area contributed by atoms with E-state index in [2.05, 4.69) is 32.8 Å². The van der Waals surface area contributed by atoms with Gasteiger partial charge in [0.15, 0.2) is 0 Å². The Bertz CT molecular complexity index is 506. The molecule has 18 heavy (non-hydrogen) atoms. The molecule has 2 aromatic heterocycles. The van der Waals surface area contributed by atoms with Gasteiger partial charge in [-0.2, -0.15) is 0 Å². The third-order valence-corrected chi connectivity index (χ3v) is 3.66. The molecule has 1 atom stereocenters. The summed E-state index contributed by atoms with van der Waals surface area (Å²) in [4.78, 5) is 14.3. The van der Waals surface area contributed by atoms with Gasteiger partial charge in [-0.3, -0.25) is 4.98 Å². The second-order valence-corrected chi connectivity index (χ2v) is 4.92. The average molecular weight is 242 g/mol. The molecule has 2 aromatic rings. The molecule has 1 unspecified atom stereocenters. The first-order valence-corrected chi connectivity index (χ1v) is 6.49. The number of aromatic amines is 1. The van der Waals surface area contributed by atoms with Crippen LogP contribution in [0.4, 0.5) is 5.69 Å². The first kappa shape index (κ1) is 11.3. The first-order valence-electron chi connectivity index (χ1n) is 6.49. The van der Waals surface area contributed by atoms with Crippen LogP contribution in [0.15, 0.2) is 30.9 Å². The van der Waals surface area contributed by atoms with E-state index < -0.39 is 0 Å². The highest BCUT2D eigenvalue weighted by Gasteiger charge is 2.23. The van der Waals surface area contributed by atoms with Crippen molar-refractivity contribution in [3.63, 3.8) is 0 Å². The molecular weight excluding hydrogens is 224 g/mol. The Morgan fingerprint density at radius 2 is 2.33 bits per heavy atom. The van der Waals surface area contributed by atoms with Crippen LogP contribution in [0.2, 0.25) is 0 Å². The van der Waals surface area contributed by atoms with Crippen LogP contribution in [0, 0.1) is 6.92 Å². The summed E-state index contributed by atoms with van der Waals surface area (Å²) in [5.74, 6) is 1.63. The maximum atomic E-state index is 4.40. The topological polar surface area (TPSA) is 44.8 Å². The van der Waals surface area contributed by atoms with Crippen LogP contribution >= 0.6 is 0 Å². The van der Waals surface area contributed by atoms with Crippen LogP contribution in [0.3, 0.4) is 0 Å². The molecule has 3 rings (SSSR count). The predicted molar refractivity (Wildman–Crippen MR) is 71.7 cm³/mol. The van der Waals surface area contributed by atoms with Crippen LogP contribution in [-0.4, -0.2) is 28.0 Å². The average Bonchev–Trinajstić information content (AvgIpc) is 2.93. The molecule has 1 N–H and O–H groups in total. The molecule has 0 radical (unpaired) electrons. The van der Waals surface area contributed by atoms with Crippen molar-refractivity contribution in [2.75, 3.05) is 18.0 Å². The third-order valence-electron chi connectivity index (χ3n) is 3.66. The Balaban J connectivity index is 1.81. The van der Waals surface area contributed by atoms with E-state index in [0.29, 0.717) is 5.92 Å². The van der Waals surface area contributed by atoms with Crippen molar-refractivity contribution in [2.24, 2.45) is 0 Å². The zero-order chi connectivity index (χ0) is 12.4. The van der Waals surface area contributed by atoms with Gasteiger partial charge in [-0.1, -0.05) is 0 Å². The fraction of sp³-hybridized carbons (Fsp3) is 0.429. The zero-order valence-electron chi connectivity index (χ0n) is 10.6. The summed E-state index contributed by atoms with van der Waals surface area (Å²) in [7, 11) is 0. The van der Waals surface area contributed by atoms with Gasteiger partial charge >= 0.3 is 0 Å². The molecule has 4 heteroatoms. The number of imidazole rings is 1. The quantitative estimate of drug-likeness (QED) is 0.880. The number of piperidine rings is 1. The minimum atomic E-state index is 0.515. The summed E-state index contributed by atoms with van der Waals surface area (Å²) in [6.07, 6.45) is 9.99. The predicted octanol–water partition coefficient (Wildman–Crippen LogP) is 2.50. The monoisotopic (exact) mass is 242 g/mol. The lowest BCUT2D eigenvalue weighted by atomic mass is 9.96. The van der Waals surface area contributed by atoms with Gasteiger partial charge in [0.05, 0.1) is 0 Å². The molecule has 0 saturated carbocycles. The molecule has 1 saturated heterocycles. The van der Waals surface area contributed by atoms with Crippen molar-refractivity contribution in [3.05, 3.63) is 42.2 Å². The van der Waals surface area contributed by atoms with Gasteiger partial charge in [-0.05, 0) is 31.4 Å². The van der Waals surface area contributed by atoms with Gasteiger partial charge in [0, 0.05) is 49.5 Å². The Morgan fingerprint density at radius 1 is 1.39 bits per heavy atom. The van der Waals surface area contributed by atoms with Crippen molar-refractivity contribution < 1.29 is 0 Å². The lowest BCUT2D eigenvalue weighted by Gasteiger charge is -2.34. The van der Waals surface area contributed by atoms with Crippen molar-refractivity contribution in [1.29, 1.82) is 0 Å². The highest BCUT2D eigenvalue weighted by atomic mass is 15.1. The maximum Gasteiger partial charge on any atom is 0.110 e. The molecule has 1 aliphatic rings. The van der Waals surface area contributed by atoms with Gasteiger partial charge in [0.1, 0.15) is 5.82 Å². The number of H-pyrrole nitrogens is 1. The summed E-state index contributed by atoms with van der Waals surface area (Å²) < 4.78 is 0. The van der Waals surface area contributed by atoms with Crippen molar-refractivity contribution >= 4 is 5.69 Å². The number of hydrogen-bond acceptors (Lipinski definition) is 3. The number of nitrogens with one attached hydrogen (secondary N) is 1. The molecule has 4 nitrogen and oxygen atoms in total. The Kier molecular flexibility index (Phi) is 3.00. The molecule has 1 fully saturated rings. The van der Waals surface area contributed by atoms with E-state index in [1.165, 1.54) is 24.1 Å². The molecule has 0 aliphatic carbocycles. The summed E-state index contributed by atoms with van der Waals surface area (Å²) in [6, 6.07) is 2.11. The molecule has 0 spiro atoms. The van der Waals surface area contributed by atoms with Crippen molar-refractivity contribution in [1.82, 2.24) is 15.0 Å². The van der Waals surface area contributed by atoms with Gasteiger partial charge in [-0.15, -0.1) is 0 Å². The maximum absolute atomic E-state index is 4.40. The number of hydrogen-bond donors (Lipinski definition) is 1. The van der Waals surface area contributed by atoms with E-state index in [-0.39, 0.29) is 0 Å². The van der Waals surface area contributed by atoms with E-state index in [4.69, 9.17) is 0 Å². The smallest absolute Gasteiger partial charge is 0.110 e. The minimum Gasteiger partial charge on any atom is -0.370 e. The lowest BCUT2D eigenvalue weighted by Crippen LogP contribution is -2.35. The number of pyridine rings is 1. The van der Waals surface area contributed by atoms with Gasteiger partial charge in [0.2, 0.25) is 0 Å². The second-order valence-electron chi connectivity index (χ2n) is 4.92. The zero-order valence-corrected chi connectivity index (χ0v) is 10.6. The van der Waals surface area contributed by atoms with Crippen LogP contribution < -0.4 is 4.90 Å². The van der Waals surface area contributed by atoms with E-state index in [1.807, 2.05) is 24.8 Å². The fourth-order valence-corrected chi connectivity index (χ4v) is 2.74. The van der Waals surface area contributed by atoms with Crippen LogP contribution in [0.5, 0.6) is 0 Å². The normalized spacial score (nSPS) is 20.1. The molecule has 0 bridgehead atoms. The molecule has 0 amide bonds. The van der Waals surface area contributed by atoms with E-state index in [0.717, 1.165) is 18.9 Å². The summed E-state index contributed by atoms with van der Waals surface area (Å²) >= 11 is 0. The van der Waals surface area contributed by atoms with Crippen molar-refractivity contribution in [2.45, 2.75) is 25.7 Å².